The van der Waals surface area contributed by atoms with E-state index >= 15 is 0 Å². The summed E-state index contributed by atoms with van der Waals surface area (Å²) in [4.78, 5) is 27.7. The summed E-state index contributed by atoms with van der Waals surface area (Å²) in [7, 11) is 1.92. The van der Waals surface area contributed by atoms with Crippen LogP contribution in [0.25, 0.3) is 0 Å². The van der Waals surface area contributed by atoms with Crippen LogP contribution in [0, 0.1) is 0 Å². The number of hydrogen-bond acceptors (Lipinski definition) is 5. The highest BCUT2D eigenvalue weighted by atomic mass is 19.4. The molecule has 1 amide bonds. The van der Waals surface area contributed by atoms with Gasteiger partial charge in [0.05, 0.1) is 31.5 Å². The molecule has 0 spiro atoms. The summed E-state index contributed by atoms with van der Waals surface area (Å²) < 4.78 is 39.2. The average Bonchev–Trinajstić information content (AvgIpc) is 3.07. The van der Waals surface area contributed by atoms with Crippen LogP contribution in [-0.2, 0) is 34.3 Å². The normalized spacial score (nSPS) is 15.8. The van der Waals surface area contributed by atoms with Crippen LogP contribution >= 0.6 is 0 Å². The van der Waals surface area contributed by atoms with Crippen molar-refractivity contribution in [3.05, 3.63) is 47.5 Å². The fourth-order valence-electron chi connectivity index (χ4n) is 2.99. The lowest BCUT2D eigenvalue weighted by atomic mass is 9.95. The van der Waals surface area contributed by atoms with Crippen LogP contribution in [0.5, 0.6) is 0 Å². The Balaban J connectivity index is 0.000000396. The molecule has 0 bridgehead atoms. The number of rotatable bonds is 5. The van der Waals surface area contributed by atoms with Crippen LogP contribution in [0.15, 0.2) is 30.6 Å². The first kappa shape index (κ1) is 23.3. The van der Waals surface area contributed by atoms with Crippen LogP contribution < -0.4 is 0 Å². The number of alkyl halides is 3. The van der Waals surface area contributed by atoms with Gasteiger partial charge in [0, 0.05) is 43.6 Å². The van der Waals surface area contributed by atoms with Crippen LogP contribution in [0.1, 0.15) is 29.8 Å². The maximum Gasteiger partial charge on any atom is 0.490 e. The molecule has 8 nitrogen and oxygen atoms in total. The van der Waals surface area contributed by atoms with E-state index in [1.165, 1.54) is 5.56 Å². The minimum atomic E-state index is -5.08. The number of hydrogen-bond donors (Lipinski definition) is 1. The van der Waals surface area contributed by atoms with Gasteiger partial charge in [-0.05, 0) is 19.1 Å². The van der Waals surface area contributed by atoms with Gasteiger partial charge in [-0.2, -0.15) is 18.3 Å². The molecule has 1 aliphatic rings. The number of carbonyl (C=O) groups is 2. The molecule has 0 fully saturated rings. The highest BCUT2D eigenvalue weighted by Crippen LogP contribution is 2.28. The minimum absolute atomic E-state index is 0.0945. The van der Waals surface area contributed by atoms with Gasteiger partial charge in [-0.1, -0.05) is 6.07 Å². The number of carboxylic acid groups (broad SMARTS) is 1. The standard InChI is InChI=1S/C17H22N4O2.C2HF3O2/c1-3-23-12-13-10-21(11-16-15(13)9-19-20(16)2)17(22)8-14-6-4-5-7-18-14;3-2(4,5)1(6)7/h4-7,9,13H,3,8,10-12H2,1-2H3;(H,6,7). The van der Waals surface area contributed by atoms with Crippen LogP contribution in [0.3, 0.4) is 0 Å². The Labute approximate surface area is 171 Å². The molecule has 1 unspecified atom stereocenters. The lowest BCUT2D eigenvalue weighted by Crippen LogP contribution is -2.40. The van der Waals surface area contributed by atoms with Crippen molar-refractivity contribution >= 4 is 11.9 Å². The van der Waals surface area contributed by atoms with Crippen molar-refractivity contribution in [2.75, 3.05) is 19.8 Å². The molecule has 30 heavy (non-hydrogen) atoms. The lowest BCUT2D eigenvalue weighted by molar-refractivity contribution is -0.192. The molecule has 1 N–H and O–H groups in total. The van der Waals surface area contributed by atoms with Gasteiger partial charge in [-0.25, -0.2) is 4.79 Å². The van der Waals surface area contributed by atoms with E-state index in [1.807, 2.05) is 47.9 Å². The van der Waals surface area contributed by atoms with E-state index in [0.717, 1.165) is 11.4 Å². The number of halogens is 3. The van der Waals surface area contributed by atoms with Gasteiger partial charge in [-0.15, -0.1) is 0 Å². The first-order chi connectivity index (χ1) is 14.1. The van der Waals surface area contributed by atoms with Gasteiger partial charge in [0.15, 0.2) is 0 Å². The van der Waals surface area contributed by atoms with Gasteiger partial charge < -0.3 is 14.7 Å². The average molecular weight is 428 g/mol. The van der Waals surface area contributed by atoms with Crippen molar-refractivity contribution in [3.63, 3.8) is 0 Å². The predicted octanol–water partition coefficient (Wildman–Crippen LogP) is 2.15. The molecule has 2 aromatic heterocycles. The second-order valence-corrected chi connectivity index (χ2v) is 6.60. The molecule has 0 radical (unpaired) electrons. The number of nitrogens with zero attached hydrogens (tertiary/aromatic N) is 4. The van der Waals surface area contributed by atoms with E-state index in [-0.39, 0.29) is 11.8 Å². The summed E-state index contributed by atoms with van der Waals surface area (Å²) >= 11 is 0. The molecular weight excluding hydrogens is 405 g/mol. The summed E-state index contributed by atoms with van der Waals surface area (Å²) in [6.07, 6.45) is -1.13. The Hall–Kier alpha value is -2.95. The number of carboxylic acids is 1. The van der Waals surface area contributed by atoms with Crippen molar-refractivity contribution in [2.24, 2.45) is 7.05 Å². The third-order valence-corrected chi connectivity index (χ3v) is 4.49. The Morgan fingerprint density at radius 2 is 2.03 bits per heavy atom. The topological polar surface area (TPSA) is 97.5 Å². The SMILES string of the molecule is CCOCC1CN(C(=O)Cc2ccccn2)Cc2c1cnn2C.O=C(O)C(F)(F)F. The van der Waals surface area contributed by atoms with Gasteiger partial charge in [0.2, 0.25) is 5.91 Å². The van der Waals surface area contributed by atoms with Gasteiger partial charge in [-0.3, -0.25) is 14.5 Å². The molecule has 0 saturated carbocycles. The van der Waals surface area contributed by atoms with Gasteiger partial charge in [0.1, 0.15) is 0 Å². The fraction of sp³-hybridized carbons (Fsp3) is 0.474. The lowest BCUT2D eigenvalue weighted by Gasteiger charge is -2.33. The molecule has 164 valence electrons. The number of fused-ring (bicyclic) bond motifs is 1. The number of pyridine rings is 1. The first-order valence-electron chi connectivity index (χ1n) is 9.19. The summed E-state index contributed by atoms with van der Waals surface area (Å²) in [5, 5.41) is 11.5. The molecule has 0 saturated heterocycles. The van der Waals surface area contributed by atoms with Crippen LogP contribution in [0.2, 0.25) is 0 Å². The quantitative estimate of drug-likeness (QED) is 0.784. The summed E-state index contributed by atoms with van der Waals surface area (Å²) in [6.45, 7) is 4.54. The van der Waals surface area contributed by atoms with Crippen molar-refractivity contribution in [2.45, 2.75) is 32.0 Å². The van der Waals surface area contributed by atoms with E-state index in [2.05, 4.69) is 10.1 Å². The number of aryl methyl sites for hydroxylation is 1. The smallest absolute Gasteiger partial charge is 0.475 e. The highest BCUT2D eigenvalue weighted by Gasteiger charge is 2.38. The molecule has 1 atom stereocenters. The molecular formula is C19H23F3N4O4. The monoisotopic (exact) mass is 428 g/mol. The fourth-order valence-corrected chi connectivity index (χ4v) is 2.99. The van der Waals surface area contributed by atoms with E-state index in [1.54, 1.807) is 6.20 Å². The summed E-state index contributed by atoms with van der Waals surface area (Å²) in [6, 6.07) is 5.65. The maximum absolute atomic E-state index is 12.6. The van der Waals surface area contributed by atoms with E-state index in [4.69, 9.17) is 14.6 Å². The van der Waals surface area contributed by atoms with Crippen molar-refractivity contribution in [3.8, 4) is 0 Å². The molecule has 0 aliphatic carbocycles. The first-order valence-corrected chi connectivity index (χ1v) is 9.19. The molecule has 11 heteroatoms. The van der Waals surface area contributed by atoms with Crippen molar-refractivity contribution in [1.29, 1.82) is 0 Å². The van der Waals surface area contributed by atoms with Gasteiger partial charge >= 0.3 is 12.1 Å². The zero-order valence-corrected chi connectivity index (χ0v) is 16.6. The number of carbonyl (C=O) groups excluding carboxylic acids is 1. The number of ether oxygens (including phenoxy) is 1. The highest BCUT2D eigenvalue weighted by molar-refractivity contribution is 5.78. The minimum Gasteiger partial charge on any atom is -0.475 e. The van der Waals surface area contributed by atoms with Crippen molar-refractivity contribution in [1.82, 2.24) is 19.7 Å². The Bertz CT molecular complexity index is 855. The molecule has 1 aliphatic heterocycles. The maximum atomic E-state index is 12.6. The van der Waals surface area contributed by atoms with Crippen LogP contribution in [-0.4, -0.2) is 62.6 Å². The van der Waals surface area contributed by atoms with E-state index in [0.29, 0.717) is 32.7 Å². The molecule has 2 aromatic rings. The predicted molar refractivity (Wildman–Crippen MR) is 99.5 cm³/mol. The number of aliphatic carboxylic acids is 1. The zero-order chi connectivity index (χ0) is 22.3. The molecule has 0 aromatic carbocycles. The third-order valence-electron chi connectivity index (χ3n) is 4.49. The molecule has 3 heterocycles. The van der Waals surface area contributed by atoms with Crippen molar-refractivity contribution < 1.29 is 32.6 Å². The zero-order valence-electron chi connectivity index (χ0n) is 16.6. The number of amides is 1. The second kappa shape index (κ2) is 10.2. The summed E-state index contributed by atoms with van der Waals surface area (Å²) in [5.41, 5.74) is 3.09. The second-order valence-electron chi connectivity index (χ2n) is 6.60. The number of aromatic nitrogens is 3. The van der Waals surface area contributed by atoms with Gasteiger partial charge in [0.25, 0.3) is 0 Å². The van der Waals surface area contributed by atoms with E-state index in [9.17, 15) is 18.0 Å². The van der Waals surface area contributed by atoms with Crippen LogP contribution in [0.4, 0.5) is 13.2 Å². The largest absolute Gasteiger partial charge is 0.490 e. The Morgan fingerprint density at radius 1 is 1.33 bits per heavy atom. The molecule has 3 rings (SSSR count). The van der Waals surface area contributed by atoms with E-state index < -0.39 is 12.1 Å². The Morgan fingerprint density at radius 3 is 2.60 bits per heavy atom. The third kappa shape index (κ3) is 6.28. The summed E-state index contributed by atoms with van der Waals surface area (Å²) in [5.74, 6) is -2.48. The Kier molecular flexibility index (Phi) is 7.93.